The van der Waals surface area contributed by atoms with Gasteiger partial charge in [0.25, 0.3) is 0 Å². The lowest BCUT2D eigenvalue weighted by atomic mass is 10.3. The highest BCUT2D eigenvalue weighted by atomic mass is 17.0. The SMILES string of the molecule is C/C=C(\C)C(=O)OC(OC(=O)/C(C)=C/C)(OC(=O)/C(C)=C/C)OC(=O)/C(C)=C/C. The lowest BCUT2D eigenvalue weighted by molar-refractivity contribution is -0.428. The maximum absolute atomic E-state index is 12.3. The van der Waals surface area contributed by atoms with Crippen LogP contribution < -0.4 is 0 Å². The van der Waals surface area contributed by atoms with Crippen molar-refractivity contribution in [3.8, 4) is 0 Å². The Morgan fingerprint density at radius 1 is 0.483 bits per heavy atom. The lowest BCUT2D eigenvalue weighted by Crippen LogP contribution is -2.49. The highest BCUT2D eigenvalue weighted by Gasteiger charge is 2.50. The molecule has 0 fully saturated rings. The van der Waals surface area contributed by atoms with E-state index in [1.54, 1.807) is 27.7 Å². The molecule has 0 bridgehead atoms. The van der Waals surface area contributed by atoms with Crippen LogP contribution in [0.4, 0.5) is 0 Å². The average Bonchev–Trinajstić information content (AvgIpc) is 2.70. The van der Waals surface area contributed by atoms with Gasteiger partial charge in [-0.15, -0.1) is 0 Å². The first kappa shape index (κ1) is 25.8. The van der Waals surface area contributed by atoms with Gasteiger partial charge in [0.2, 0.25) is 0 Å². The summed E-state index contributed by atoms with van der Waals surface area (Å²) in [5.41, 5.74) is 0.410. The predicted octanol–water partition coefficient (Wildman–Crippen LogP) is 3.64. The van der Waals surface area contributed by atoms with Gasteiger partial charge in [-0.2, -0.15) is 0 Å². The molecule has 0 rings (SSSR count). The zero-order valence-corrected chi connectivity index (χ0v) is 18.1. The number of ether oxygens (including phenoxy) is 4. The second-order valence-corrected chi connectivity index (χ2v) is 5.94. The topological polar surface area (TPSA) is 105 Å². The van der Waals surface area contributed by atoms with Crippen LogP contribution in [0.25, 0.3) is 0 Å². The molecule has 0 heterocycles. The third-order valence-electron chi connectivity index (χ3n) is 3.89. The van der Waals surface area contributed by atoms with Gasteiger partial charge in [0.1, 0.15) is 0 Å². The highest BCUT2D eigenvalue weighted by molar-refractivity contribution is 5.92. The molecule has 0 aromatic heterocycles. The summed E-state index contributed by atoms with van der Waals surface area (Å²) < 4.78 is 20.3. The van der Waals surface area contributed by atoms with Crippen LogP contribution in [-0.2, 0) is 38.1 Å². The molecule has 0 spiro atoms. The van der Waals surface area contributed by atoms with Gasteiger partial charge in [-0.3, -0.25) is 0 Å². The van der Waals surface area contributed by atoms with Crippen molar-refractivity contribution in [2.24, 2.45) is 0 Å². The fraction of sp³-hybridized carbons (Fsp3) is 0.429. The Kier molecular flexibility index (Phi) is 10.4. The first-order valence-electron chi connectivity index (χ1n) is 8.91. The van der Waals surface area contributed by atoms with Gasteiger partial charge in [0, 0.05) is 22.3 Å². The van der Waals surface area contributed by atoms with E-state index < -0.39 is 30.0 Å². The number of rotatable bonds is 8. The van der Waals surface area contributed by atoms with Gasteiger partial charge in [-0.05, 0) is 55.4 Å². The third-order valence-corrected chi connectivity index (χ3v) is 3.89. The van der Waals surface area contributed by atoms with Crippen molar-refractivity contribution in [2.45, 2.75) is 61.5 Å². The summed E-state index contributed by atoms with van der Waals surface area (Å²) >= 11 is 0. The number of carbonyl (C=O) groups excluding carboxylic acids is 4. The Morgan fingerprint density at radius 3 is 0.793 bits per heavy atom. The van der Waals surface area contributed by atoms with E-state index in [1.165, 1.54) is 52.0 Å². The van der Waals surface area contributed by atoms with E-state index in [0.717, 1.165) is 0 Å². The largest absolute Gasteiger partial charge is 0.620 e. The first-order valence-corrected chi connectivity index (χ1v) is 8.91. The molecule has 8 heteroatoms. The van der Waals surface area contributed by atoms with Gasteiger partial charge < -0.3 is 18.9 Å². The van der Waals surface area contributed by atoms with Crippen LogP contribution in [0.5, 0.6) is 0 Å². The van der Waals surface area contributed by atoms with Gasteiger partial charge in [0.05, 0.1) is 0 Å². The van der Waals surface area contributed by atoms with E-state index >= 15 is 0 Å². The van der Waals surface area contributed by atoms with Crippen molar-refractivity contribution in [1.82, 2.24) is 0 Å². The fourth-order valence-electron chi connectivity index (χ4n) is 1.37. The van der Waals surface area contributed by atoms with Crippen molar-refractivity contribution in [3.63, 3.8) is 0 Å². The Labute approximate surface area is 170 Å². The normalized spacial score (nSPS) is 13.5. The smallest absolute Gasteiger partial charge is 0.348 e. The zero-order valence-electron chi connectivity index (χ0n) is 18.1. The first-order chi connectivity index (χ1) is 13.5. The van der Waals surface area contributed by atoms with E-state index in [2.05, 4.69) is 0 Å². The van der Waals surface area contributed by atoms with Crippen LogP contribution >= 0.6 is 0 Å². The van der Waals surface area contributed by atoms with Crippen LogP contribution in [0, 0.1) is 0 Å². The number of carbonyl (C=O) groups is 4. The standard InChI is InChI=1S/C21H28O8/c1-9-13(5)17(22)26-21(27-18(23)14(6)10-2,28-19(24)15(7)11-3)29-20(25)16(8)12-4/h9-12H,1-8H3/b13-9+,14-10+,15-11+,16-12+. The monoisotopic (exact) mass is 408 g/mol. The maximum atomic E-state index is 12.3. The van der Waals surface area contributed by atoms with E-state index in [-0.39, 0.29) is 22.3 Å². The summed E-state index contributed by atoms with van der Waals surface area (Å²) in [5.74, 6) is -4.07. The Bertz CT molecular complexity index is 647. The van der Waals surface area contributed by atoms with Crippen molar-refractivity contribution in [2.75, 3.05) is 0 Å². The summed E-state index contributed by atoms with van der Waals surface area (Å²) in [5, 5.41) is 0. The molecule has 29 heavy (non-hydrogen) atoms. The molecule has 0 aromatic carbocycles. The summed E-state index contributed by atoms with van der Waals surface area (Å²) in [6.07, 6.45) is 2.63. The third kappa shape index (κ3) is 7.77. The van der Waals surface area contributed by atoms with Crippen LogP contribution in [0.2, 0.25) is 0 Å². The molecule has 0 saturated heterocycles. The highest BCUT2D eigenvalue weighted by Crippen LogP contribution is 2.25. The van der Waals surface area contributed by atoms with Crippen LogP contribution in [-0.4, -0.2) is 30.0 Å². The summed E-state index contributed by atoms with van der Waals surface area (Å²) in [7, 11) is 0. The minimum atomic E-state index is -3.05. The quantitative estimate of drug-likeness (QED) is 0.340. The summed E-state index contributed by atoms with van der Waals surface area (Å²) in [4.78, 5) is 49.4. The van der Waals surface area contributed by atoms with Crippen molar-refractivity contribution < 1.29 is 38.1 Å². The molecule has 0 aliphatic rings. The molecule has 8 nitrogen and oxygen atoms in total. The van der Waals surface area contributed by atoms with Crippen molar-refractivity contribution in [3.05, 3.63) is 46.6 Å². The average molecular weight is 408 g/mol. The lowest BCUT2D eigenvalue weighted by Gasteiger charge is -2.29. The Balaban J connectivity index is 6.40. The van der Waals surface area contributed by atoms with Gasteiger partial charge in [-0.25, -0.2) is 19.2 Å². The number of esters is 4. The molecule has 0 aromatic rings. The molecule has 160 valence electrons. The second kappa shape index (κ2) is 11.6. The molecule has 0 saturated carbocycles. The molecule has 0 aliphatic carbocycles. The van der Waals surface area contributed by atoms with E-state index in [0.29, 0.717) is 0 Å². The van der Waals surface area contributed by atoms with E-state index in [1.807, 2.05) is 0 Å². The predicted molar refractivity (Wildman–Crippen MR) is 105 cm³/mol. The zero-order chi connectivity index (χ0) is 22.8. The van der Waals surface area contributed by atoms with Gasteiger partial charge in [-0.1, -0.05) is 24.3 Å². The fourth-order valence-corrected chi connectivity index (χ4v) is 1.37. The molecule has 0 N–H and O–H groups in total. The molecular weight excluding hydrogens is 380 g/mol. The second-order valence-electron chi connectivity index (χ2n) is 5.94. The van der Waals surface area contributed by atoms with Crippen LogP contribution in [0.15, 0.2) is 46.6 Å². The van der Waals surface area contributed by atoms with Crippen molar-refractivity contribution in [1.29, 1.82) is 0 Å². The van der Waals surface area contributed by atoms with E-state index in [9.17, 15) is 19.2 Å². The van der Waals surface area contributed by atoms with Crippen LogP contribution in [0.1, 0.15) is 55.4 Å². The molecule has 0 unspecified atom stereocenters. The summed E-state index contributed by atoms with van der Waals surface area (Å²) in [6.45, 7) is 12.0. The minimum absolute atomic E-state index is 0.103. The summed E-state index contributed by atoms with van der Waals surface area (Å²) in [6, 6.07) is 0. The minimum Gasteiger partial charge on any atom is -0.348 e. The molecular formula is C21H28O8. The Morgan fingerprint density at radius 2 is 0.655 bits per heavy atom. The number of allylic oxidation sites excluding steroid dienone is 4. The van der Waals surface area contributed by atoms with E-state index in [4.69, 9.17) is 18.9 Å². The Hall–Kier alpha value is -3.16. The molecule has 0 atom stereocenters. The molecule has 0 aliphatic heterocycles. The number of hydrogen-bond donors (Lipinski definition) is 0. The number of hydrogen-bond acceptors (Lipinski definition) is 8. The van der Waals surface area contributed by atoms with Gasteiger partial charge in [0.15, 0.2) is 0 Å². The maximum Gasteiger partial charge on any atom is 0.620 e. The molecule has 0 amide bonds. The molecule has 0 radical (unpaired) electrons. The van der Waals surface area contributed by atoms with Crippen molar-refractivity contribution >= 4 is 23.9 Å². The van der Waals surface area contributed by atoms with Gasteiger partial charge >= 0.3 is 30.0 Å². The van der Waals surface area contributed by atoms with Crippen LogP contribution in [0.3, 0.4) is 0 Å².